The van der Waals surface area contributed by atoms with Crippen molar-refractivity contribution in [2.75, 3.05) is 26.7 Å². The molecule has 4 nitrogen and oxygen atoms in total. The van der Waals surface area contributed by atoms with Crippen LogP contribution in [0.5, 0.6) is 0 Å². The molecule has 1 N–H and O–H groups in total. The zero-order valence-corrected chi connectivity index (χ0v) is 17.3. The number of fused-ring (bicyclic) bond motifs is 1. The zero-order valence-electron chi connectivity index (χ0n) is 16.5. The number of alkyl halides is 2. The molecule has 3 aromatic rings. The number of likely N-dealkylation sites (tertiary alicyclic amines) is 1. The van der Waals surface area contributed by atoms with Crippen LogP contribution in [-0.2, 0) is 10.2 Å². The van der Waals surface area contributed by atoms with Gasteiger partial charge >= 0.3 is 0 Å². The fraction of sp³-hybridized carbons (Fsp3) is 0.409. The van der Waals surface area contributed by atoms with E-state index in [4.69, 9.17) is 16.3 Å². The predicted octanol–water partition coefficient (Wildman–Crippen LogP) is 5.34. The largest absolute Gasteiger partial charge is 0.367 e. The van der Waals surface area contributed by atoms with Crippen molar-refractivity contribution in [3.63, 3.8) is 0 Å². The highest BCUT2D eigenvalue weighted by Gasteiger charge is 2.38. The Bertz CT molecular complexity index is 1000. The predicted molar refractivity (Wildman–Crippen MR) is 111 cm³/mol. The Balaban J connectivity index is 1.65. The van der Waals surface area contributed by atoms with E-state index in [9.17, 15) is 13.2 Å². The van der Waals surface area contributed by atoms with Gasteiger partial charge in [-0.25, -0.2) is 13.2 Å². The molecular formula is C22H23ClF3N3O. The maximum Gasteiger partial charge on any atom is 0.268 e. The summed E-state index contributed by atoms with van der Waals surface area (Å²) in [4.78, 5) is 2.19. The van der Waals surface area contributed by atoms with E-state index in [1.54, 1.807) is 24.4 Å². The van der Waals surface area contributed by atoms with Crippen molar-refractivity contribution in [2.24, 2.45) is 0 Å². The van der Waals surface area contributed by atoms with Crippen LogP contribution in [0.4, 0.5) is 13.2 Å². The highest BCUT2D eigenvalue weighted by molar-refractivity contribution is 6.31. The molecule has 0 saturated carbocycles. The molecular weight excluding hydrogens is 415 g/mol. The van der Waals surface area contributed by atoms with Crippen LogP contribution in [-0.4, -0.2) is 48.3 Å². The van der Waals surface area contributed by atoms with Gasteiger partial charge in [-0.1, -0.05) is 23.7 Å². The summed E-state index contributed by atoms with van der Waals surface area (Å²) in [5.74, 6) is -0.325. The molecule has 0 radical (unpaired) electrons. The van der Waals surface area contributed by atoms with E-state index >= 15 is 0 Å². The molecule has 1 atom stereocenters. The van der Waals surface area contributed by atoms with Gasteiger partial charge in [0.15, 0.2) is 0 Å². The van der Waals surface area contributed by atoms with Gasteiger partial charge in [-0.05, 0) is 62.8 Å². The van der Waals surface area contributed by atoms with Gasteiger partial charge in [0.05, 0.1) is 18.3 Å². The second kappa shape index (κ2) is 8.57. The minimum Gasteiger partial charge on any atom is -0.367 e. The number of benzene rings is 2. The normalized spacial score (nSPS) is 18.2. The van der Waals surface area contributed by atoms with Crippen LogP contribution in [0.25, 0.3) is 10.9 Å². The minimum absolute atomic E-state index is 0.101. The molecule has 1 aliphatic heterocycles. The van der Waals surface area contributed by atoms with Crippen LogP contribution >= 0.6 is 11.6 Å². The lowest BCUT2D eigenvalue weighted by Crippen LogP contribution is -2.44. The Kier molecular flexibility index (Phi) is 6.04. The number of halogens is 4. The van der Waals surface area contributed by atoms with Gasteiger partial charge in [-0.3, -0.25) is 5.10 Å². The number of H-pyrrole nitrogens is 1. The SMILES string of the molecule is CN1CCC(COC(c2cc(Cl)cc3cn[nH]c23)C(F)F)(c2ccc(F)cc2)CC1. The lowest BCUT2D eigenvalue weighted by molar-refractivity contribution is -0.0795. The molecule has 1 aromatic heterocycles. The molecule has 4 rings (SSSR count). The van der Waals surface area contributed by atoms with Gasteiger partial charge in [0.2, 0.25) is 0 Å². The Morgan fingerprint density at radius 3 is 2.57 bits per heavy atom. The number of ether oxygens (including phenoxy) is 1. The highest BCUT2D eigenvalue weighted by Crippen LogP contribution is 2.39. The number of nitrogens with one attached hydrogen (secondary N) is 1. The third-order valence-corrected chi connectivity index (χ3v) is 6.24. The second-order valence-corrected chi connectivity index (χ2v) is 8.42. The molecule has 1 unspecified atom stereocenters. The van der Waals surface area contributed by atoms with Crippen LogP contribution < -0.4 is 0 Å². The molecule has 30 heavy (non-hydrogen) atoms. The second-order valence-electron chi connectivity index (χ2n) is 7.99. The zero-order chi connectivity index (χ0) is 21.3. The summed E-state index contributed by atoms with van der Waals surface area (Å²) in [6.45, 7) is 1.72. The summed E-state index contributed by atoms with van der Waals surface area (Å²) in [5, 5.41) is 7.72. The first-order valence-corrected chi connectivity index (χ1v) is 10.2. The van der Waals surface area contributed by atoms with Crippen molar-refractivity contribution in [2.45, 2.75) is 30.8 Å². The van der Waals surface area contributed by atoms with Crippen molar-refractivity contribution < 1.29 is 17.9 Å². The average Bonchev–Trinajstić information content (AvgIpc) is 3.18. The number of rotatable bonds is 6. The first-order chi connectivity index (χ1) is 14.4. The van der Waals surface area contributed by atoms with Gasteiger partial charge in [0, 0.05) is 21.4 Å². The molecule has 2 aromatic carbocycles. The fourth-order valence-corrected chi connectivity index (χ4v) is 4.42. The van der Waals surface area contributed by atoms with E-state index in [2.05, 4.69) is 15.1 Å². The Morgan fingerprint density at radius 1 is 1.20 bits per heavy atom. The van der Waals surface area contributed by atoms with E-state index in [0.717, 1.165) is 31.5 Å². The maximum absolute atomic E-state index is 14.1. The van der Waals surface area contributed by atoms with Gasteiger partial charge in [-0.2, -0.15) is 5.10 Å². The van der Waals surface area contributed by atoms with Crippen molar-refractivity contribution in [1.29, 1.82) is 0 Å². The van der Waals surface area contributed by atoms with Gasteiger partial charge < -0.3 is 9.64 Å². The van der Waals surface area contributed by atoms with E-state index in [1.807, 2.05) is 7.05 Å². The lowest BCUT2D eigenvalue weighted by atomic mass is 9.73. The number of aromatic nitrogens is 2. The number of hydrogen-bond acceptors (Lipinski definition) is 3. The summed E-state index contributed by atoms with van der Waals surface area (Å²) in [6, 6.07) is 9.44. The summed E-state index contributed by atoms with van der Waals surface area (Å²) in [6.07, 6.45) is -1.18. The monoisotopic (exact) mass is 437 g/mol. The molecule has 0 spiro atoms. The third-order valence-electron chi connectivity index (χ3n) is 6.02. The van der Waals surface area contributed by atoms with Crippen LogP contribution in [0.1, 0.15) is 30.1 Å². The van der Waals surface area contributed by atoms with Crippen molar-refractivity contribution in [3.05, 3.63) is 64.6 Å². The number of hydrogen-bond donors (Lipinski definition) is 1. The highest BCUT2D eigenvalue weighted by atomic mass is 35.5. The Hall–Kier alpha value is -2.09. The third kappa shape index (κ3) is 4.19. The van der Waals surface area contributed by atoms with E-state index < -0.39 is 17.9 Å². The summed E-state index contributed by atoms with van der Waals surface area (Å²) in [7, 11) is 2.03. The van der Waals surface area contributed by atoms with Gasteiger partial charge in [0.1, 0.15) is 11.9 Å². The van der Waals surface area contributed by atoms with E-state index in [0.29, 0.717) is 15.9 Å². The first kappa shape index (κ1) is 21.2. The van der Waals surface area contributed by atoms with Gasteiger partial charge in [0.25, 0.3) is 6.43 Å². The van der Waals surface area contributed by atoms with Gasteiger partial charge in [-0.15, -0.1) is 0 Å². The van der Waals surface area contributed by atoms with Crippen LogP contribution in [0.2, 0.25) is 5.02 Å². The molecule has 0 bridgehead atoms. The molecule has 2 heterocycles. The maximum atomic E-state index is 14.1. The van der Waals surface area contributed by atoms with Crippen molar-refractivity contribution in [3.8, 4) is 0 Å². The molecule has 0 amide bonds. The molecule has 1 aliphatic rings. The molecule has 160 valence electrons. The van der Waals surface area contributed by atoms with E-state index in [-0.39, 0.29) is 18.0 Å². The van der Waals surface area contributed by atoms with Crippen molar-refractivity contribution in [1.82, 2.24) is 15.1 Å². The minimum atomic E-state index is -2.74. The summed E-state index contributed by atoms with van der Waals surface area (Å²) >= 11 is 6.15. The molecule has 0 aliphatic carbocycles. The van der Waals surface area contributed by atoms with Crippen LogP contribution in [0.15, 0.2) is 42.6 Å². The number of nitrogens with zero attached hydrogens (tertiary/aromatic N) is 2. The lowest BCUT2D eigenvalue weighted by Gasteiger charge is -2.41. The van der Waals surface area contributed by atoms with E-state index in [1.165, 1.54) is 18.2 Å². The fourth-order valence-electron chi connectivity index (χ4n) is 4.19. The molecule has 8 heteroatoms. The summed E-state index contributed by atoms with van der Waals surface area (Å²) in [5.41, 5.74) is 1.22. The Labute approximate surface area is 178 Å². The standard InChI is InChI=1S/C22H23ClF3N3O/c1-29-8-6-22(7-9-29,15-2-4-17(24)5-3-15)13-30-20(21(25)26)18-11-16(23)10-14-12-27-28-19(14)18/h2-5,10-12,20-21H,6-9,13H2,1H3,(H,27,28). The smallest absolute Gasteiger partial charge is 0.268 e. The Morgan fingerprint density at radius 2 is 1.90 bits per heavy atom. The van der Waals surface area contributed by atoms with Crippen molar-refractivity contribution >= 4 is 22.5 Å². The number of aromatic amines is 1. The molecule has 1 saturated heterocycles. The first-order valence-electron chi connectivity index (χ1n) is 9.85. The topological polar surface area (TPSA) is 41.1 Å². The molecule has 1 fully saturated rings. The quantitative estimate of drug-likeness (QED) is 0.565. The summed E-state index contributed by atoms with van der Waals surface area (Å²) < 4.78 is 47.6. The van der Waals surface area contributed by atoms with Crippen LogP contribution in [0.3, 0.4) is 0 Å². The average molecular weight is 438 g/mol. The van der Waals surface area contributed by atoms with Crippen LogP contribution in [0, 0.1) is 5.82 Å². The number of piperidine rings is 1.